The van der Waals surface area contributed by atoms with Crippen LogP contribution in [0.3, 0.4) is 0 Å². The van der Waals surface area contributed by atoms with Crippen LogP contribution in [0.5, 0.6) is 0 Å². The molecule has 3 heterocycles. The summed E-state index contributed by atoms with van der Waals surface area (Å²) in [5, 5.41) is 5.98. The number of rotatable bonds is 6. The van der Waals surface area contributed by atoms with E-state index in [-0.39, 0.29) is 5.91 Å². The van der Waals surface area contributed by atoms with E-state index in [1.54, 1.807) is 29.5 Å². The van der Waals surface area contributed by atoms with E-state index in [2.05, 4.69) is 15.1 Å². The van der Waals surface area contributed by atoms with Crippen molar-refractivity contribution in [3.63, 3.8) is 0 Å². The maximum atomic E-state index is 12.2. The molecule has 0 aromatic carbocycles. The Morgan fingerprint density at radius 3 is 2.96 bits per heavy atom. The van der Waals surface area contributed by atoms with Gasteiger partial charge in [0.15, 0.2) is 10.1 Å². The first kappa shape index (κ1) is 16.7. The lowest BCUT2D eigenvalue weighted by Gasteiger charge is -2.14. The normalized spacial score (nSPS) is 10.8. The second-order valence-corrected chi connectivity index (χ2v) is 7.27. The number of amides is 1. The van der Waals surface area contributed by atoms with E-state index in [0.29, 0.717) is 23.8 Å². The van der Waals surface area contributed by atoms with E-state index in [9.17, 15) is 4.79 Å². The van der Waals surface area contributed by atoms with Crippen LogP contribution in [0.4, 0.5) is 0 Å². The van der Waals surface area contributed by atoms with E-state index in [0.717, 1.165) is 15.7 Å². The molecule has 1 amide bonds. The highest BCUT2D eigenvalue weighted by Gasteiger charge is 2.14. The van der Waals surface area contributed by atoms with E-state index >= 15 is 0 Å². The quantitative estimate of drug-likeness (QED) is 0.628. The molecular formula is C16H16N4O2S2. The minimum atomic E-state index is 0.0173. The Kier molecular flexibility index (Phi) is 5.27. The molecule has 0 saturated carbocycles. The predicted molar refractivity (Wildman–Crippen MR) is 93.8 cm³/mol. The van der Waals surface area contributed by atoms with Crippen molar-refractivity contribution < 1.29 is 9.32 Å². The van der Waals surface area contributed by atoms with Crippen LogP contribution in [0.25, 0.3) is 11.4 Å². The van der Waals surface area contributed by atoms with Crippen LogP contribution in [0.15, 0.2) is 44.7 Å². The summed E-state index contributed by atoms with van der Waals surface area (Å²) in [6, 6.07) is 7.41. The molecule has 3 aromatic rings. The Balaban J connectivity index is 1.55. The van der Waals surface area contributed by atoms with Crippen LogP contribution in [0, 0.1) is 6.92 Å². The molecule has 3 aromatic heterocycles. The van der Waals surface area contributed by atoms with Gasteiger partial charge in [-0.05, 0) is 19.1 Å². The van der Waals surface area contributed by atoms with Crippen molar-refractivity contribution in [2.75, 3.05) is 12.8 Å². The van der Waals surface area contributed by atoms with Crippen molar-refractivity contribution in [2.24, 2.45) is 0 Å². The van der Waals surface area contributed by atoms with Crippen LogP contribution >= 0.6 is 23.1 Å². The fraction of sp³-hybridized carbons (Fsp3) is 0.250. The van der Waals surface area contributed by atoms with E-state index in [1.807, 2.05) is 36.6 Å². The average Bonchev–Trinajstić information content (AvgIpc) is 3.22. The summed E-state index contributed by atoms with van der Waals surface area (Å²) in [5.41, 5.74) is 2.39. The van der Waals surface area contributed by atoms with Crippen LogP contribution in [-0.2, 0) is 11.3 Å². The maximum Gasteiger partial charge on any atom is 0.233 e. The molecule has 6 nitrogen and oxygen atoms in total. The Hall–Kier alpha value is -2.19. The fourth-order valence-corrected chi connectivity index (χ4v) is 3.77. The van der Waals surface area contributed by atoms with Crippen LogP contribution in [0.2, 0.25) is 0 Å². The maximum absolute atomic E-state index is 12.2. The van der Waals surface area contributed by atoms with Gasteiger partial charge >= 0.3 is 0 Å². The molecule has 0 bridgehead atoms. The monoisotopic (exact) mass is 360 g/mol. The van der Waals surface area contributed by atoms with Crippen LogP contribution < -0.4 is 0 Å². The molecule has 0 aliphatic carbocycles. The van der Waals surface area contributed by atoms with Gasteiger partial charge in [-0.15, -0.1) is 11.3 Å². The molecule has 24 heavy (non-hydrogen) atoms. The highest BCUT2D eigenvalue weighted by atomic mass is 32.2. The van der Waals surface area contributed by atoms with Crippen LogP contribution in [-0.4, -0.2) is 38.7 Å². The van der Waals surface area contributed by atoms with E-state index in [4.69, 9.17) is 4.52 Å². The third-order valence-corrected chi connectivity index (χ3v) is 5.35. The predicted octanol–water partition coefficient (Wildman–Crippen LogP) is 3.25. The Morgan fingerprint density at radius 2 is 2.25 bits per heavy atom. The first-order chi connectivity index (χ1) is 11.6. The highest BCUT2D eigenvalue weighted by molar-refractivity contribution is 8.01. The Morgan fingerprint density at radius 1 is 1.38 bits per heavy atom. The number of hydrogen-bond donors (Lipinski definition) is 0. The summed E-state index contributed by atoms with van der Waals surface area (Å²) in [7, 11) is 1.75. The molecule has 0 atom stereocenters. The largest absolute Gasteiger partial charge is 0.359 e. The molecule has 0 aliphatic rings. The first-order valence-electron chi connectivity index (χ1n) is 7.27. The average molecular weight is 360 g/mol. The minimum Gasteiger partial charge on any atom is -0.359 e. The fourth-order valence-electron chi connectivity index (χ4n) is 1.98. The van der Waals surface area contributed by atoms with Crippen molar-refractivity contribution in [3.8, 4) is 11.4 Å². The number of carbonyl (C=O) groups excluding carboxylic acids is 1. The second kappa shape index (κ2) is 7.59. The summed E-state index contributed by atoms with van der Waals surface area (Å²) < 4.78 is 6.21. The number of nitrogens with zero attached hydrogens (tertiary/aromatic N) is 4. The number of pyridine rings is 1. The Bertz CT molecular complexity index is 816. The number of aromatic nitrogens is 3. The summed E-state index contributed by atoms with van der Waals surface area (Å²) in [5.74, 6) is 0.996. The van der Waals surface area contributed by atoms with Gasteiger partial charge in [-0.1, -0.05) is 23.0 Å². The summed E-state index contributed by atoms with van der Waals surface area (Å²) in [6.45, 7) is 2.31. The molecule has 0 saturated heterocycles. The number of aryl methyl sites for hydroxylation is 1. The number of thiazole rings is 1. The van der Waals surface area contributed by atoms with Crippen molar-refractivity contribution in [1.29, 1.82) is 0 Å². The zero-order valence-electron chi connectivity index (χ0n) is 13.3. The van der Waals surface area contributed by atoms with E-state index < -0.39 is 0 Å². The molecule has 0 radical (unpaired) electrons. The summed E-state index contributed by atoms with van der Waals surface area (Å²) >= 11 is 3.00. The number of thioether (sulfide) groups is 1. The molecule has 124 valence electrons. The molecular weight excluding hydrogens is 344 g/mol. The lowest BCUT2D eigenvalue weighted by atomic mass is 10.2. The van der Waals surface area contributed by atoms with Gasteiger partial charge in [-0.2, -0.15) is 0 Å². The van der Waals surface area contributed by atoms with Gasteiger partial charge < -0.3 is 9.42 Å². The van der Waals surface area contributed by atoms with Gasteiger partial charge in [-0.25, -0.2) is 4.98 Å². The molecule has 8 heteroatoms. The number of carbonyl (C=O) groups is 1. The minimum absolute atomic E-state index is 0.0173. The highest BCUT2D eigenvalue weighted by Crippen LogP contribution is 2.23. The van der Waals surface area contributed by atoms with Gasteiger partial charge in [-0.3, -0.25) is 9.78 Å². The zero-order valence-corrected chi connectivity index (χ0v) is 14.9. The van der Waals surface area contributed by atoms with Crippen molar-refractivity contribution in [3.05, 3.63) is 47.3 Å². The van der Waals surface area contributed by atoms with Gasteiger partial charge in [0.05, 0.1) is 18.0 Å². The topological polar surface area (TPSA) is 72.1 Å². The molecule has 3 rings (SSSR count). The van der Waals surface area contributed by atoms with Gasteiger partial charge in [0.2, 0.25) is 5.91 Å². The third-order valence-electron chi connectivity index (χ3n) is 3.22. The summed E-state index contributed by atoms with van der Waals surface area (Å²) in [6.07, 6.45) is 1.71. The molecule has 0 unspecified atom stereocenters. The lowest BCUT2D eigenvalue weighted by molar-refractivity contribution is -0.127. The number of hydrogen-bond acceptors (Lipinski definition) is 7. The van der Waals surface area contributed by atoms with Crippen LogP contribution in [0.1, 0.15) is 11.5 Å². The third kappa shape index (κ3) is 4.21. The first-order valence-corrected chi connectivity index (χ1v) is 9.14. The SMILES string of the molecule is Cc1csc(SCC(=O)N(C)Cc2cc(-c3ccccn3)no2)n1. The smallest absolute Gasteiger partial charge is 0.233 e. The molecule has 0 N–H and O–H groups in total. The second-order valence-electron chi connectivity index (χ2n) is 5.19. The van der Waals surface area contributed by atoms with Gasteiger partial charge in [0.1, 0.15) is 5.69 Å². The molecule has 0 spiro atoms. The Labute approximate surface area is 147 Å². The standard InChI is InChI=1S/C16H16N4O2S2/c1-11-9-23-16(18-11)24-10-15(21)20(2)8-12-7-14(19-22-12)13-5-3-4-6-17-13/h3-7,9H,8,10H2,1-2H3. The lowest BCUT2D eigenvalue weighted by Crippen LogP contribution is -2.27. The van der Waals surface area contributed by atoms with Gasteiger partial charge in [0, 0.05) is 30.4 Å². The van der Waals surface area contributed by atoms with Crippen molar-refractivity contribution in [1.82, 2.24) is 20.0 Å². The van der Waals surface area contributed by atoms with Crippen molar-refractivity contribution >= 4 is 29.0 Å². The van der Waals surface area contributed by atoms with Gasteiger partial charge in [0.25, 0.3) is 0 Å². The zero-order chi connectivity index (χ0) is 16.9. The van der Waals surface area contributed by atoms with Crippen molar-refractivity contribution in [2.45, 2.75) is 17.8 Å². The molecule has 0 aliphatic heterocycles. The molecule has 0 fully saturated rings. The summed E-state index contributed by atoms with van der Waals surface area (Å²) in [4.78, 5) is 22.4. The van der Waals surface area contributed by atoms with E-state index in [1.165, 1.54) is 11.8 Å².